The Morgan fingerprint density at radius 3 is 2.39 bits per heavy atom. The predicted molar refractivity (Wildman–Crippen MR) is 141 cm³/mol. The van der Waals surface area contributed by atoms with Crippen LogP contribution in [-0.4, -0.2) is 72.9 Å². The smallest absolute Gasteiger partial charge is 0.410 e. The van der Waals surface area contributed by atoms with E-state index >= 15 is 0 Å². The maximum Gasteiger partial charge on any atom is 0.410 e. The van der Waals surface area contributed by atoms with E-state index in [1.54, 1.807) is 17.0 Å². The monoisotopic (exact) mass is 529 g/mol. The molecule has 0 spiro atoms. The van der Waals surface area contributed by atoms with E-state index in [1.165, 1.54) is 11.0 Å². The van der Waals surface area contributed by atoms with Crippen LogP contribution in [0.2, 0.25) is 0 Å². The Morgan fingerprint density at radius 2 is 1.74 bits per heavy atom. The van der Waals surface area contributed by atoms with Gasteiger partial charge >= 0.3 is 6.09 Å². The minimum atomic E-state index is -1.02. The molecule has 2 aromatic rings. The molecular weight excluding hydrogens is 492 g/mol. The van der Waals surface area contributed by atoms with Crippen LogP contribution in [0.25, 0.3) is 11.1 Å². The highest BCUT2D eigenvalue weighted by Gasteiger charge is 2.29. The summed E-state index contributed by atoms with van der Waals surface area (Å²) in [4.78, 5) is 27.7. The highest BCUT2D eigenvalue weighted by Crippen LogP contribution is 2.27. The highest BCUT2D eigenvalue weighted by molar-refractivity contribution is 5.82. The first-order chi connectivity index (χ1) is 18.2. The molecule has 38 heavy (non-hydrogen) atoms. The molecule has 2 aliphatic heterocycles. The van der Waals surface area contributed by atoms with E-state index in [2.05, 4.69) is 0 Å². The van der Waals surface area contributed by atoms with E-state index in [1.807, 2.05) is 38.1 Å². The zero-order chi connectivity index (χ0) is 27.2. The number of piperidine rings is 1. The van der Waals surface area contributed by atoms with Gasteiger partial charge in [-0.15, -0.1) is 0 Å². The number of amides is 2. The number of hydrogen-bond donors (Lipinski definition) is 1. The van der Waals surface area contributed by atoms with Crippen LogP contribution in [0.1, 0.15) is 38.7 Å². The zero-order valence-corrected chi connectivity index (χ0v) is 22.1. The SMILES string of the molecule is CC(C)OC(=O)N1CCC(COc2cccc(-c3ccc(CC(N)C(=O)N4CCC(F)C4)c(F)c3)c2)CC1. The summed E-state index contributed by atoms with van der Waals surface area (Å²) < 4.78 is 39.7. The van der Waals surface area contributed by atoms with Crippen LogP contribution in [0.5, 0.6) is 5.75 Å². The number of rotatable bonds is 8. The molecule has 0 bridgehead atoms. The molecule has 2 N–H and O–H groups in total. The number of alkyl halides is 1. The molecule has 0 aliphatic carbocycles. The van der Waals surface area contributed by atoms with Crippen molar-refractivity contribution in [2.24, 2.45) is 11.7 Å². The predicted octanol–water partition coefficient (Wildman–Crippen LogP) is 4.57. The first-order valence-electron chi connectivity index (χ1n) is 13.3. The van der Waals surface area contributed by atoms with Crippen molar-refractivity contribution in [3.8, 4) is 16.9 Å². The van der Waals surface area contributed by atoms with Crippen molar-refractivity contribution < 1.29 is 27.8 Å². The molecule has 2 unspecified atom stereocenters. The molecule has 0 saturated carbocycles. The number of benzene rings is 2. The molecule has 7 nitrogen and oxygen atoms in total. The molecule has 2 fully saturated rings. The molecule has 0 radical (unpaired) electrons. The Morgan fingerprint density at radius 1 is 1.03 bits per heavy atom. The summed E-state index contributed by atoms with van der Waals surface area (Å²) in [7, 11) is 0. The van der Waals surface area contributed by atoms with Crippen molar-refractivity contribution in [1.82, 2.24) is 9.80 Å². The number of nitrogens with zero attached hydrogens (tertiary/aromatic N) is 2. The third kappa shape index (κ3) is 7.22. The third-order valence-corrected chi connectivity index (χ3v) is 7.11. The number of halogens is 2. The number of ether oxygens (including phenoxy) is 2. The lowest BCUT2D eigenvalue weighted by molar-refractivity contribution is -0.131. The van der Waals surface area contributed by atoms with Gasteiger partial charge in [0.2, 0.25) is 5.91 Å². The maximum absolute atomic E-state index is 14.9. The van der Waals surface area contributed by atoms with Gasteiger partial charge in [0.05, 0.1) is 25.3 Å². The lowest BCUT2D eigenvalue weighted by atomic mass is 9.98. The lowest BCUT2D eigenvalue weighted by Crippen LogP contribution is -2.44. The van der Waals surface area contributed by atoms with Gasteiger partial charge in [-0.3, -0.25) is 4.79 Å². The second-order valence-electron chi connectivity index (χ2n) is 10.5. The van der Waals surface area contributed by atoms with Crippen LogP contribution in [0.15, 0.2) is 42.5 Å². The van der Waals surface area contributed by atoms with E-state index in [9.17, 15) is 18.4 Å². The van der Waals surface area contributed by atoms with Crippen LogP contribution in [0.4, 0.5) is 13.6 Å². The standard InChI is InChI=1S/C29H37F2N3O4/c1-19(2)38-29(36)33-11-8-20(9-12-33)18-37-25-5-3-4-21(14-25)22-6-7-23(26(31)15-22)16-27(32)28(35)34-13-10-24(30)17-34/h3-7,14-15,19-20,24,27H,8-13,16-18,32H2,1-2H3. The fourth-order valence-corrected chi connectivity index (χ4v) is 4.91. The number of carbonyl (C=O) groups excluding carboxylic acids is 2. The van der Waals surface area contributed by atoms with Gasteiger partial charge in [0, 0.05) is 19.6 Å². The Balaban J connectivity index is 1.30. The van der Waals surface area contributed by atoms with Gasteiger partial charge in [-0.05, 0) is 80.3 Å². The second-order valence-corrected chi connectivity index (χ2v) is 10.5. The molecule has 2 amide bonds. The van der Waals surface area contributed by atoms with Crippen LogP contribution < -0.4 is 10.5 Å². The van der Waals surface area contributed by atoms with Crippen molar-refractivity contribution in [3.63, 3.8) is 0 Å². The average Bonchev–Trinajstić information content (AvgIpc) is 3.34. The summed E-state index contributed by atoms with van der Waals surface area (Å²) in [6, 6.07) is 11.5. The molecule has 2 saturated heterocycles. The topological polar surface area (TPSA) is 85.1 Å². The Hall–Kier alpha value is -3.20. The van der Waals surface area contributed by atoms with Crippen molar-refractivity contribution >= 4 is 12.0 Å². The molecule has 2 atom stereocenters. The van der Waals surface area contributed by atoms with E-state index < -0.39 is 18.0 Å². The van der Waals surface area contributed by atoms with Crippen molar-refractivity contribution in [1.29, 1.82) is 0 Å². The molecule has 0 aromatic heterocycles. The normalized spacial score (nSPS) is 19.1. The maximum atomic E-state index is 14.9. The number of carbonyl (C=O) groups is 2. The van der Waals surface area contributed by atoms with Crippen LogP contribution in [0.3, 0.4) is 0 Å². The number of hydrogen-bond acceptors (Lipinski definition) is 5. The molecule has 9 heteroatoms. The second kappa shape index (κ2) is 12.6. The quantitative estimate of drug-likeness (QED) is 0.542. The van der Waals surface area contributed by atoms with Crippen molar-refractivity contribution in [2.75, 3.05) is 32.8 Å². The van der Waals surface area contributed by atoms with E-state index in [-0.39, 0.29) is 31.1 Å². The third-order valence-electron chi connectivity index (χ3n) is 7.11. The fraction of sp³-hybridized carbons (Fsp3) is 0.517. The summed E-state index contributed by atoms with van der Waals surface area (Å²) >= 11 is 0. The van der Waals surface area contributed by atoms with Crippen LogP contribution >= 0.6 is 0 Å². The number of likely N-dealkylation sites (tertiary alicyclic amines) is 2. The largest absolute Gasteiger partial charge is 0.493 e. The van der Waals surface area contributed by atoms with Gasteiger partial charge in [0.25, 0.3) is 0 Å². The summed E-state index contributed by atoms with van der Waals surface area (Å²) in [5.74, 6) is 0.240. The van der Waals surface area contributed by atoms with Crippen molar-refractivity contribution in [2.45, 2.75) is 57.8 Å². The van der Waals surface area contributed by atoms with Gasteiger partial charge in [-0.25, -0.2) is 13.6 Å². The van der Waals surface area contributed by atoms with Gasteiger partial charge in [-0.2, -0.15) is 0 Å². The average molecular weight is 530 g/mol. The van der Waals surface area contributed by atoms with Gasteiger partial charge < -0.3 is 25.0 Å². The van der Waals surface area contributed by atoms with Gasteiger partial charge in [0.1, 0.15) is 17.7 Å². The summed E-state index contributed by atoms with van der Waals surface area (Å²) in [6.45, 7) is 5.91. The molecule has 2 heterocycles. The Labute approximate surface area is 222 Å². The van der Waals surface area contributed by atoms with Gasteiger partial charge in [-0.1, -0.05) is 24.3 Å². The van der Waals surface area contributed by atoms with Gasteiger partial charge in [0.15, 0.2) is 0 Å². The summed E-state index contributed by atoms with van der Waals surface area (Å²) in [5.41, 5.74) is 7.87. The number of nitrogens with two attached hydrogens (primary N) is 1. The minimum Gasteiger partial charge on any atom is -0.493 e. The zero-order valence-electron chi connectivity index (χ0n) is 22.1. The van der Waals surface area contributed by atoms with E-state index in [4.69, 9.17) is 15.2 Å². The van der Waals surface area contributed by atoms with Crippen LogP contribution in [0, 0.1) is 11.7 Å². The fourth-order valence-electron chi connectivity index (χ4n) is 4.91. The molecule has 4 rings (SSSR count). The molecular formula is C29H37F2N3O4. The van der Waals surface area contributed by atoms with E-state index in [0.29, 0.717) is 55.5 Å². The molecule has 206 valence electrons. The Bertz CT molecular complexity index is 1120. The Kier molecular flexibility index (Phi) is 9.20. The summed E-state index contributed by atoms with van der Waals surface area (Å²) in [5, 5.41) is 0. The first kappa shape index (κ1) is 27.8. The summed E-state index contributed by atoms with van der Waals surface area (Å²) in [6.07, 6.45) is 0.644. The molecule has 2 aromatic carbocycles. The first-order valence-corrected chi connectivity index (χ1v) is 13.3. The minimum absolute atomic E-state index is 0.0511. The van der Waals surface area contributed by atoms with Crippen molar-refractivity contribution in [3.05, 3.63) is 53.8 Å². The highest BCUT2D eigenvalue weighted by atomic mass is 19.1. The molecule has 2 aliphatic rings. The lowest BCUT2D eigenvalue weighted by Gasteiger charge is -2.31. The van der Waals surface area contributed by atoms with Crippen LogP contribution in [-0.2, 0) is 16.0 Å². The van der Waals surface area contributed by atoms with E-state index in [0.717, 1.165) is 18.4 Å².